The average molecular weight is 275 g/mol. The van der Waals surface area contributed by atoms with Gasteiger partial charge in [-0.05, 0) is 32.5 Å². The SMILES string of the molecule is CCOc1ccc2c(c1)nc(CCN)n2CCC(C)=O. The number of Topliss-reactive ketones (excluding diaryl/α,β-unsaturated/α-hetero) is 1. The summed E-state index contributed by atoms with van der Waals surface area (Å²) in [7, 11) is 0. The molecule has 1 aromatic heterocycles. The first-order valence-electron chi connectivity index (χ1n) is 6.97. The molecule has 0 aliphatic heterocycles. The summed E-state index contributed by atoms with van der Waals surface area (Å²) >= 11 is 0. The van der Waals surface area contributed by atoms with Crippen LogP contribution in [0.15, 0.2) is 18.2 Å². The molecule has 0 fully saturated rings. The monoisotopic (exact) mass is 275 g/mol. The number of ether oxygens (including phenoxy) is 1. The largest absolute Gasteiger partial charge is 0.494 e. The number of nitrogens with zero attached hydrogens (tertiary/aromatic N) is 2. The number of fused-ring (bicyclic) bond motifs is 1. The number of benzene rings is 1. The molecule has 2 rings (SSSR count). The smallest absolute Gasteiger partial charge is 0.131 e. The third-order valence-electron chi connectivity index (χ3n) is 3.17. The third-order valence-corrected chi connectivity index (χ3v) is 3.17. The standard InChI is InChI=1S/C15H21N3O2/c1-3-20-12-4-5-14-13(10-12)17-15(6-8-16)18(14)9-7-11(2)19/h4-5,10H,3,6-9,16H2,1-2H3. The Labute approximate surface area is 118 Å². The minimum Gasteiger partial charge on any atom is -0.494 e. The van der Waals surface area contributed by atoms with Crippen molar-refractivity contribution in [1.29, 1.82) is 0 Å². The van der Waals surface area contributed by atoms with Gasteiger partial charge in [0, 0.05) is 25.5 Å². The Balaban J connectivity index is 2.40. The maximum atomic E-state index is 11.2. The highest BCUT2D eigenvalue weighted by molar-refractivity contribution is 5.79. The van der Waals surface area contributed by atoms with Gasteiger partial charge in [0.1, 0.15) is 17.4 Å². The molecule has 5 nitrogen and oxygen atoms in total. The summed E-state index contributed by atoms with van der Waals surface area (Å²) in [5, 5.41) is 0. The van der Waals surface area contributed by atoms with Crippen LogP contribution in [-0.2, 0) is 17.8 Å². The molecule has 0 aliphatic carbocycles. The normalized spacial score (nSPS) is 10.9. The van der Waals surface area contributed by atoms with Crippen LogP contribution in [0.25, 0.3) is 11.0 Å². The highest BCUT2D eigenvalue weighted by Crippen LogP contribution is 2.22. The van der Waals surface area contributed by atoms with E-state index in [1.165, 1.54) is 0 Å². The second-order valence-corrected chi connectivity index (χ2v) is 4.75. The summed E-state index contributed by atoms with van der Waals surface area (Å²) < 4.78 is 7.58. The number of hydrogen-bond acceptors (Lipinski definition) is 4. The van der Waals surface area contributed by atoms with Crippen LogP contribution < -0.4 is 10.5 Å². The zero-order chi connectivity index (χ0) is 14.5. The molecule has 0 unspecified atom stereocenters. The van der Waals surface area contributed by atoms with Crippen LogP contribution in [0.1, 0.15) is 26.1 Å². The van der Waals surface area contributed by atoms with Gasteiger partial charge in [0.15, 0.2) is 0 Å². The second-order valence-electron chi connectivity index (χ2n) is 4.75. The summed E-state index contributed by atoms with van der Waals surface area (Å²) in [4.78, 5) is 15.8. The summed E-state index contributed by atoms with van der Waals surface area (Å²) in [6.45, 7) is 5.38. The van der Waals surface area contributed by atoms with Crippen molar-refractivity contribution >= 4 is 16.8 Å². The number of nitrogens with two attached hydrogens (primary N) is 1. The van der Waals surface area contributed by atoms with Crippen molar-refractivity contribution in [2.24, 2.45) is 5.73 Å². The summed E-state index contributed by atoms with van der Waals surface area (Å²) in [6.07, 6.45) is 1.22. The minimum atomic E-state index is 0.177. The molecule has 2 aromatic rings. The molecule has 2 N–H and O–H groups in total. The van der Waals surface area contributed by atoms with Gasteiger partial charge >= 0.3 is 0 Å². The van der Waals surface area contributed by atoms with Crippen molar-refractivity contribution in [3.05, 3.63) is 24.0 Å². The van der Waals surface area contributed by atoms with E-state index < -0.39 is 0 Å². The van der Waals surface area contributed by atoms with Crippen molar-refractivity contribution in [3.63, 3.8) is 0 Å². The first-order chi connectivity index (χ1) is 9.65. The van der Waals surface area contributed by atoms with E-state index in [-0.39, 0.29) is 5.78 Å². The fourth-order valence-corrected chi connectivity index (χ4v) is 2.25. The summed E-state index contributed by atoms with van der Waals surface area (Å²) in [6, 6.07) is 5.86. The molecule has 1 aromatic carbocycles. The van der Waals surface area contributed by atoms with Gasteiger partial charge in [-0.1, -0.05) is 0 Å². The van der Waals surface area contributed by atoms with E-state index in [0.29, 0.717) is 32.5 Å². The number of rotatable bonds is 7. The summed E-state index contributed by atoms with van der Waals surface area (Å²) in [5.74, 6) is 1.92. The lowest BCUT2D eigenvalue weighted by Gasteiger charge is -2.07. The zero-order valence-corrected chi connectivity index (χ0v) is 12.1. The first-order valence-corrected chi connectivity index (χ1v) is 6.97. The minimum absolute atomic E-state index is 0.177. The van der Waals surface area contributed by atoms with Gasteiger partial charge in [0.2, 0.25) is 0 Å². The molecule has 0 bridgehead atoms. The van der Waals surface area contributed by atoms with Crippen LogP contribution in [0.5, 0.6) is 5.75 Å². The first kappa shape index (κ1) is 14.5. The van der Waals surface area contributed by atoms with Crippen LogP contribution in [0.2, 0.25) is 0 Å². The molecule has 5 heteroatoms. The Morgan fingerprint density at radius 3 is 2.90 bits per heavy atom. The highest BCUT2D eigenvalue weighted by Gasteiger charge is 2.11. The van der Waals surface area contributed by atoms with Crippen LogP contribution >= 0.6 is 0 Å². The predicted molar refractivity (Wildman–Crippen MR) is 79.0 cm³/mol. The fraction of sp³-hybridized carbons (Fsp3) is 0.467. The quantitative estimate of drug-likeness (QED) is 0.838. The van der Waals surface area contributed by atoms with E-state index in [1.54, 1.807) is 6.92 Å². The zero-order valence-electron chi connectivity index (χ0n) is 12.1. The molecule has 108 valence electrons. The number of aromatic nitrogens is 2. The molecule has 0 saturated heterocycles. The number of carbonyl (C=O) groups is 1. The third kappa shape index (κ3) is 3.17. The van der Waals surface area contributed by atoms with Crippen LogP contribution in [0, 0.1) is 0 Å². The van der Waals surface area contributed by atoms with E-state index >= 15 is 0 Å². The maximum absolute atomic E-state index is 11.2. The topological polar surface area (TPSA) is 70.1 Å². The second kappa shape index (κ2) is 6.52. The van der Waals surface area contributed by atoms with Crippen molar-refractivity contribution in [3.8, 4) is 5.75 Å². The molecule has 0 spiro atoms. The molecule has 0 radical (unpaired) electrons. The Kier molecular flexibility index (Phi) is 4.74. The van der Waals surface area contributed by atoms with E-state index in [0.717, 1.165) is 22.6 Å². The van der Waals surface area contributed by atoms with E-state index in [2.05, 4.69) is 9.55 Å². The van der Waals surface area contributed by atoms with E-state index in [1.807, 2.05) is 25.1 Å². The molecule has 20 heavy (non-hydrogen) atoms. The van der Waals surface area contributed by atoms with Crippen molar-refractivity contribution in [1.82, 2.24) is 9.55 Å². The predicted octanol–water partition coefficient (Wildman–Crippen LogP) is 1.92. The van der Waals surface area contributed by atoms with Crippen molar-refractivity contribution in [2.75, 3.05) is 13.2 Å². The van der Waals surface area contributed by atoms with Gasteiger partial charge in [-0.15, -0.1) is 0 Å². The van der Waals surface area contributed by atoms with Crippen LogP contribution in [-0.4, -0.2) is 28.5 Å². The summed E-state index contributed by atoms with van der Waals surface area (Å²) in [5.41, 5.74) is 7.56. The molecule has 0 saturated carbocycles. The number of aryl methyl sites for hydroxylation is 1. The Morgan fingerprint density at radius 2 is 2.25 bits per heavy atom. The fourth-order valence-electron chi connectivity index (χ4n) is 2.25. The lowest BCUT2D eigenvalue weighted by Crippen LogP contribution is -2.11. The number of hydrogen-bond donors (Lipinski definition) is 1. The molecular weight excluding hydrogens is 254 g/mol. The Morgan fingerprint density at radius 1 is 1.45 bits per heavy atom. The number of ketones is 1. The average Bonchev–Trinajstić information content (AvgIpc) is 2.74. The Hall–Kier alpha value is -1.88. The lowest BCUT2D eigenvalue weighted by molar-refractivity contribution is -0.117. The van der Waals surface area contributed by atoms with Crippen LogP contribution in [0.3, 0.4) is 0 Å². The van der Waals surface area contributed by atoms with Crippen molar-refractivity contribution < 1.29 is 9.53 Å². The van der Waals surface area contributed by atoms with Gasteiger partial charge in [0.25, 0.3) is 0 Å². The highest BCUT2D eigenvalue weighted by atomic mass is 16.5. The van der Waals surface area contributed by atoms with Crippen molar-refractivity contribution in [2.45, 2.75) is 33.2 Å². The number of imidazole rings is 1. The number of carbonyl (C=O) groups excluding carboxylic acids is 1. The van der Waals surface area contributed by atoms with Gasteiger partial charge in [-0.2, -0.15) is 0 Å². The maximum Gasteiger partial charge on any atom is 0.131 e. The molecule has 1 heterocycles. The van der Waals surface area contributed by atoms with Gasteiger partial charge in [-0.3, -0.25) is 4.79 Å². The molecule has 0 atom stereocenters. The molecular formula is C15H21N3O2. The Bertz CT molecular complexity index is 604. The van der Waals surface area contributed by atoms with Crippen LogP contribution in [0.4, 0.5) is 0 Å². The molecule has 0 amide bonds. The van der Waals surface area contributed by atoms with Gasteiger partial charge < -0.3 is 15.0 Å². The van der Waals surface area contributed by atoms with E-state index in [9.17, 15) is 4.79 Å². The lowest BCUT2D eigenvalue weighted by atomic mass is 10.2. The van der Waals surface area contributed by atoms with Gasteiger partial charge in [-0.25, -0.2) is 4.98 Å². The van der Waals surface area contributed by atoms with E-state index in [4.69, 9.17) is 10.5 Å². The molecule has 0 aliphatic rings. The van der Waals surface area contributed by atoms with Gasteiger partial charge in [0.05, 0.1) is 17.6 Å².